The molecule has 66 heavy (non-hydrogen) atoms. The van der Waals surface area contributed by atoms with Gasteiger partial charge in [-0.05, 0) is 61.3 Å². The van der Waals surface area contributed by atoms with Gasteiger partial charge in [0.05, 0.1) is 23.4 Å². The van der Waals surface area contributed by atoms with Crippen molar-refractivity contribution in [2.75, 3.05) is 0 Å². The van der Waals surface area contributed by atoms with Crippen LogP contribution in [0, 0.1) is 0 Å². The van der Waals surface area contributed by atoms with Gasteiger partial charge < -0.3 is 22.0 Å². The van der Waals surface area contributed by atoms with E-state index in [0.29, 0.717) is 5.82 Å². The number of ether oxygens (including phenoxy) is 1. The number of rotatable bonds is 10. The molecule has 0 aliphatic heterocycles. The number of halogens is 4. The molecule has 10 rings (SSSR count). The van der Waals surface area contributed by atoms with E-state index in [2.05, 4.69) is 190 Å². The second kappa shape index (κ2) is 22.9. The van der Waals surface area contributed by atoms with E-state index >= 15 is 0 Å². The van der Waals surface area contributed by atoms with Crippen LogP contribution in [0.5, 0.6) is 11.5 Å². The van der Waals surface area contributed by atoms with Gasteiger partial charge in [0.25, 0.3) is 0 Å². The van der Waals surface area contributed by atoms with E-state index in [1.807, 2.05) is 60.8 Å². The molecular weight excluding hydrogens is 923 g/mol. The number of fused-ring (bicyclic) bond motifs is 1. The fourth-order valence-corrected chi connectivity index (χ4v) is 11.7. The number of nitrogens with zero attached hydrogens (tertiary/aromatic N) is 5. The van der Waals surface area contributed by atoms with Crippen molar-refractivity contribution in [1.82, 2.24) is 25.0 Å². The Hall–Kier alpha value is -6.80. The molecule has 10 aromatic rings. The van der Waals surface area contributed by atoms with Gasteiger partial charge in [-0.15, -0.1) is 5.10 Å². The van der Waals surface area contributed by atoms with E-state index < -0.39 is 23.1 Å². The Bertz CT molecular complexity index is 2840. The summed E-state index contributed by atoms with van der Waals surface area (Å²) in [6.07, 6.45) is 3.56. The Kier molecular flexibility index (Phi) is 16.4. The van der Waals surface area contributed by atoms with Crippen LogP contribution < -0.4 is 36.6 Å². The molecule has 330 valence electrons. The summed E-state index contributed by atoms with van der Waals surface area (Å²) in [5.74, 6) is 2.46. The largest absolute Gasteiger partial charge is 1.00 e. The SMILES string of the molecule is F[B-](F)(F)F.[Cu+].c1ccc(-c2cn(-c3cnc4ccccc4n3)nn2)cc1.c1ccc(P(c2ccccc2)c2ccccc2Oc2ccccc2P(c2ccccc2)c2ccccc2)cc1. The molecule has 0 saturated heterocycles. The summed E-state index contributed by atoms with van der Waals surface area (Å²) in [6.45, 7) is 0. The third kappa shape index (κ3) is 12.5. The van der Waals surface area contributed by atoms with Crippen LogP contribution in [0.15, 0.2) is 237 Å². The fourth-order valence-electron chi connectivity index (χ4n) is 6.91. The van der Waals surface area contributed by atoms with Crippen LogP contribution >= 0.6 is 15.8 Å². The molecule has 0 aliphatic rings. The molecule has 0 fully saturated rings. The Morgan fingerprint density at radius 2 is 0.803 bits per heavy atom. The van der Waals surface area contributed by atoms with Crippen LogP contribution in [0.25, 0.3) is 28.1 Å². The Morgan fingerprint density at radius 3 is 1.24 bits per heavy atom. The molecule has 0 N–H and O–H groups in total. The van der Waals surface area contributed by atoms with Gasteiger partial charge in [0, 0.05) is 16.2 Å². The van der Waals surface area contributed by atoms with Crippen molar-refractivity contribution in [2.45, 2.75) is 0 Å². The van der Waals surface area contributed by atoms with Gasteiger partial charge in [0.2, 0.25) is 0 Å². The minimum absolute atomic E-state index is 0. The van der Waals surface area contributed by atoms with Gasteiger partial charge >= 0.3 is 24.3 Å². The van der Waals surface area contributed by atoms with E-state index in [0.717, 1.165) is 33.8 Å². The average Bonchev–Trinajstić information content (AvgIpc) is 3.85. The standard InChI is InChI=1S/C36H28OP2.C16H11N5.BF4.Cu/c1-5-17-29(18-6-1)38(30-19-7-2-8-20-30)35-27-15-13-25-33(35)37-34-26-14-16-28-36(34)39(31-21-9-3-10-22-31)32-23-11-4-12-24-32;1-2-6-12(7-3-1)15-11-21(20-19-15)16-10-17-13-8-4-5-9-14(13)18-16;2-1(3,4)5;/h1-28H;1-11H;;/q;;-1;+1. The van der Waals surface area contributed by atoms with Gasteiger partial charge in [-0.25, -0.2) is 9.67 Å². The van der Waals surface area contributed by atoms with Crippen molar-refractivity contribution < 1.29 is 39.1 Å². The number of hydrogen-bond acceptors (Lipinski definition) is 5. The van der Waals surface area contributed by atoms with E-state index in [9.17, 15) is 17.3 Å². The van der Waals surface area contributed by atoms with E-state index in [1.165, 1.54) is 31.8 Å². The van der Waals surface area contributed by atoms with Crippen LogP contribution in [0.4, 0.5) is 17.3 Å². The molecule has 0 atom stereocenters. The van der Waals surface area contributed by atoms with Crippen LogP contribution in [-0.2, 0) is 17.1 Å². The number of hydrogen-bond donors (Lipinski definition) is 0. The first-order valence-corrected chi connectivity index (χ1v) is 23.2. The third-order valence-corrected chi connectivity index (χ3v) is 14.7. The number of benzene rings is 8. The molecule has 0 radical (unpaired) electrons. The Labute approximate surface area is 393 Å². The van der Waals surface area contributed by atoms with Crippen LogP contribution in [0.3, 0.4) is 0 Å². The number of para-hydroxylation sites is 4. The van der Waals surface area contributed by atoms with Crippen molar-refractivity contribution in [1.29, 1.82) is 0 Å². The average molecular weight is 962 g/mol. The molecule has 8 aromatic carbocycles. The number of aromatic nitrogens is 5. The molecule has 0 amide bonds. The zero-order valence-electron chi connectivity index (χ0n) is 34.9. The van der Waals surface area contributed by atoms with Crippen LogP contribution in [-0.4, -0.2) is 32.2 Å². The third-order valence-electron chi connectivity index (χ3n) is 9.72. The maximum Gasteiger partial charge on any atom is 1.00 e. The normalized spacial score (nSPS) is 10.9. The fraction of sp³-hybridized carbons (Fsp3) is 0. The van der Waals surface area contributed by atoms with Gasteiger partial charge in [-0.3, -0.25) is 4.98 Å². The zero-order valence-corrected chi connectivity index (χ0v) is 37.7. The summed E-state index contributed by atoms with van der Waals surface area (Å²) in [5.41, 5.74) is 3.54. The first-order valence-electron chi connectivity index (χ1n) is 20.5. The van der Waals surface area contributed by atoms with E-state index in [1.54, 1.807) is 10.9 Å². The minimum Gasteiger partial charge on any atom is -0.456 e. The quantitative estimate of drug-likeness (QED) is 0.0776. The molecular formula is C52H39BCuF4N5OP2. The van der Waals surface area contributed by atoms with Gasteiger partial charge in [0.15, 0.2) is 5.82 Å². The van der Waals surface area contributed by atoms with Gasteiger partial charge in [0.1, 0.15) is 17.2 Å². The summed E-state index contributed by atoms with van der Waals surface area (Å²) in [4.78, 5) is 8.94. The van der Waals surface area contributed by atoms with Crippen molar-refractivity contribution in [3.63, 3.8) is 0 Å². The molecule has 2 heterocycles. The van der Waals surface area contributed by atoms with Crippen molar-refractivity contribution in [3.05, 3.63) is 237 Å². The molecule has 0 bridgehead atoms. The predicted molar refractivity (Wildman–Crippen MR) is 260 cm³/mol. The maximum absolute atomic E-state index is 9.75. The molecule has 0 saturated carbocycles. The summed E-state index contributed by atoms with van der Waals surface area (Å²) in [5, 5.41) is 16.0. The molecule has 0 aliphatic carbocycles. The van der Waals surface area contributed by atoms with Crippen molar-refractivity contribution in [2.24, 2.45) is 0 Å². The molecule has 0 unspecified atom stereocenters. The topological polar surface area (TPSA) is 65.7 Å². The van der Waals surface area contributed by atoms with E-state index in [4.69, 9.17) is 4.74 Å². The van der Waals surface area contributed by atoms with E-state index in [-0.39, 0.29) is 17.1 Å². The molecule has 2 aromatic heterocycles. The first kappa shape index (κ1) is 47.2. The summed E-state index contributed by atoms with van der Waals surface area (Å²) >= 11 is 0. The van der Waals surface area contributed by atoms with Crippen LogP contribution in [0.1, 0.15) is 0 Å². The summed E-state index contributed by atoms with van der Waals surface area (Å²) in [6, 6.07) is 77.9. The van der Waals surface area contributed by atoms with Gasteiger partial charge in [-0.2, -0.15) is 0 Å². The first-order chi connectivity index (χ1) is 31.8. The minimum atomic E-state index is -6.00. The monoisotopic (exact) mass is 961 g/mol. The predicted octanol–water partition coefficient (Wildman–Crippen LogP) is 11.2. The molecule has 14 heteroatoms. The second-order valence-corrected chi connectivity index (χ2v) is 18.5. The van der Waals surface area contributed by atoms with Crippen molar-refractivity contribution >= 4 is 66.0 Å². The summed E-state index contributed by atoms with van der Waals surface area (Å²) < 4.78 is 47.6. The second-order valence-electron chi connectivity index (χ2n) is 14.2. The molecule has 0 spiro atoms. The maximum atomic E-state index is 9.75. The molecule has 6 nitrogen and oxygen atoms in total. The Morgan fingerprint density at radius 1 is 0.439 bits per heavy atom. The zero-order chi connectivity index (χ0) is 44.9. The van der Waals surface area contributed by atoms with Gasteiger partial charge in [-0.1, -0.05) is 205 Å². The summed E-state index contributed by atoms with van der Waals surface area (Å²) in [7, 11) is -7.59. The smallest absolute Gasteiger partial charge is 0.456 e. The Balaban J connectivity index is 0.000000201. The van der Waals surface area contributed by atoms with Crippen LogP contribution in [0.2, 0.25) is 0 Å². The van der Waals surface area contributed by atoms with Crippen molar-refractivity contribution in [3.8, 4) is 28.6 Å².